The lowest BCUT2D eigenvalue weighted by Gasteiger charge is -2.32. The first-order valence-corrected chi connectivity index (χ1v) is 7.70. The van der Waals surface area contributed by atoms with Crippen molar-refractivity contribution in [2.75, 3.05) is 6.54 Å². The van der Waals surface area contributed by atoms with Crippen LogP contribution < -0.4 is 5.32 Å². The number of carbonyl (C=O) groups excluding carboxylic acids is 1. The number of hydrogen-bond acceptors (Lipinski definition) is 2. The molecule has 1 amide bonds. The van der Waals surface area contributed by atoms with E-state index in [4.69, 9.17) is 0 Å². The highest BCUT2D eigenvalue weighted by atomic mass is 16.2. The van der Waals surface area contributed by atoms with Gasteiger partial charge < -0.3 is 10.2 Å². The van der Waals surface area contributed by atoms with E-state index in [1.54, 1.807) is 0 Å². The number of hydrogen-bond donors (Lipinski definition) is 1. The molecule has 2 aliphatic rings. The molecule has 2 saturated heterocycles. The van der Waals surface area contributed by atoms with Crippen LogP contribution in [0.4, 0.5) is 0 Å². The van der Waals surface area contributed by atoms with Crippen LogP contribution in [0.3, 0.4) is 0 Å². The molecule has 1 N–H and O–H groups in total. The van der Waals surface area contributed by atoms with Crippen LogP contribution in [0, 0.1) is 5.92 Å². The SMILES string of the molecule is CCCCCN(C(=O)C1CC2CCC1N2)C(C)C. The van der Waals surface area contributed by atoms with Crippen LogP contribution in [0.15, 0.2) is 0 Å². The van der Waals surface area contributed by atoms with Crippen molar-refractivity contribution in [1.82, 2.24) is 10.2 Å². The van der Waals surface area contributed by atoms with Gasteiger partial charge in [0.25, 0.3) is 0 Å². The normalized spacial score (nSPS) is 30.1. The van der Waals surface area contributed by atoms with Gasteiger partial charge >= 0.3 is 0 Å². The standard InChI is InChI=1S/C15H28N2O/c1-4-5-6-9-17(11(2)3)15(18)13-10-12-7-8-14(13)16-12/h11-14,16H,4-10H2,1-3H3. The Morgan fingerprint density at radius 3 is 2.61 bits per heavy atom. The number of unbranched alkanes of at least 4 members (excludes halogenated alkanes) is 2. The summed E-state index contributed by atoms with van der Waals surface area (Å²) < 4.78 is 0. The van der Waals surface area contributed by atoms with Crippen molar-refractivity contribution in [2.24, 2.45) is 5.92 Å². The van der Waals surface area contributed by atoms with Crippen molar-refractivity contribution in [3.8, 4) is 0 Å². The molecule has 0 saturated carbocycles. The molecule has 2 heterocycles. The molecule has 3 nitrogen and oxygen atoms in total. The Labute approximate surface area is 111 Å². The molecule has 0 spiro atoms. The maximum Gasteiger partial charge on any atom is 0.227 e. The summed E-state index contributed by atoms with van der Waals surface area (Å²) in [6.07, 6.45) is 7.13. The Morgan fingerprint density at radius 2 is 2.11 bits per heavy atom. The molecule has 2 fully saturated rings. The monoisotopic (exact) mass is 252 g/mol. The third-order valence-electron chi connectivity index (χ3n) is 4.53. The summed E-state index contributed by atoms with van der Waals surface area (Å²) in [5.74, 6) is 0.661. The second kappa shape index (κ2) is 6.05. The fraction of sp³-hybridized carbons (Fsp3) is 0.933. The van der Waals surface area contributed by atoms with Crippen molar-refractivity contribution in [3.63, 3.8) is 0 Å². The van der Waals surface area contributed by atoms with Crippen molar-refractivity contribution >= 4 is 5.91 Å². The van der Waals surface area contributed by atoms with E-state index in [0.717, 1.165) is 19.4 Å². The first-order chi connectivity index (χ1) is 8.63. The largest absolute Gasteiger partial charge is 0.340 e. The number of fused-ring (bicyclic) bond motifs is 2. The molecule has 0 aromatic rings. The number of amides is 1. The van der Waals surface area contributed by atoms with E-state index in [2.05, 4.69) is 31.0 Å². The van der Waals surface area contributed by atoms with E-state index in [-0.39, 0.29) is 5.92 Å². The van der Waals surface area contributed by atoms with E-state index in [1.807, 2.05) is 0 Å². The van der Waals surface area contributed by atoms with Crippen LogP contribution in [0.1, 0.15) is 59.3 Å². The van der Waals surface area contributed by atoms with E-state index < -0.39 is 0 Å². The van der Waals surface area contributed by atoms with Gasteiger partial charge in [-0.1, -0.05) is 19.8 Å². The minimum absolute atomic E-state index is 0.257. The highest BCUT2D eigenvalue weighted by Gasteiger charge is 2.44. The fourth-order valence-electron chi connectivity index (χ4n) is 3.47. The van der Waals surface area contributed by atoms with Crippen molar-refractivity contribution in [3.05, 3.63) is 0 Å². The first-order valence-electron chi connectivity index (χ1n) is 7.70. The fourth-order valence-corrected chi connectivity index (χ4v) is 3.47. The third kappa shape index (κ3) is 2.87. The van der Waals surface area contributed by atoms with Crippen molar-refractivity contribution < 1.29 is 4.79 Å². The predicted octanol–water partition coefficient (Wildman–Crippen LogP) is 2.55. The first kappa shape index (κ1) is 13.9. The molecule has 3 unspecified atom stereocenters. The van der Waals surface area contributed by atoms with Crippen LogP contribution in [-0.2, 0) is 4.79 Å². The quantitative estimate of drug-likeness (QED) is 0.737. The third-order valence-corrected chi connectivity index (χ3v) is 4.53. The Bertz CT molecular complexity index is 290. The molecule has 2 aliphatic heterocycles. The molecule has 2 rings (SSSR count). The summed E-state index contributed by atoms with van der Waals surface area (Å²) in [5, 5.41) is 3.57. The lowest BCUT2D eigenvalue weighted by molar-refractivity contribution is -0.138. The maximum absolute atomic E-state index is 12.7. The summed E-state index contributed by atoms with van der Waals surface area (Å²) >= 11 is 0. The molecule has 2 bridgehead atoms. The minimum atomic E-state index is 0.257. The Balaban J connectivity index is 1.91. The lowest BCUT2D eigenvalue weighted by Crippen LogP contribution is -2.44. The minimum Gasteiger partial charge on any atom is -0.340 e. The zero-order chi connectivity index (χ0) is 13.1. The molecule has 0 aliphatic carbocycles. The molecule has 18 heavy (non-hydrogen) atoms. The topological polar surface area (TPSA) is 32.3 Å². The van der Waals surface area contributed by atoms with Crippen LogP contribution in [-0.4, -0.2) is 35.5 Å². The number of rotatable bonds is 6. The van der Waals surface area contributed by atoms with Gasteiger partial charge in [0.15, 0.2) is 0 Å². The molecule has 0 aromatic carbocycles. The van der Waals surface area contributed by atoms with Gasteiger partial charge in [-0.25, -0.2) is 0 Å². The van der Waals surface area contributed by atoms with E-state index in [1.165, 1.54) is 25.7 Å². The van der Waals surface area contributed by atoms with Gasteiger partial charge in [0.05, 0.1) is 5.92 Å². The van der Waals surface area contributed by atoms with Gasteiger partial charge in [-0.3, -0.25) is 4.79 Å². The molecule has 0 radical (unpaired) electrons. The van der Waals surface area contributed by atoms with Crippen LogP contribution in [0.25, 0.3) is 0 Å². The molecular weight excluding hydrogens is 224 g/mol. The van der Waals surface area contributed by atoms with Gasteiger partial charge in [0.1, 0.15) is 0 Å². The van der Waals surface area contributed by atoms with Gasteiger partial charge in [-0.2, -0.15) is 0 Å². The number of nitrogens with one attached hydrogen (secondary N) is 1. The zero-order valence-electron chi connectivity index (χ0n) is 12.1. The Hall–Kier alpha value is -0.570. The average molecular weight is 252 g/mol. The van der Waals surface area contributed by atoms with E-state index >= 15 is 0 Å². The Kier molecular flexibility index (Phi) is 4.66. The second-order valence-corrected chi connectivity index (χ2v) is 6.22. The number of carbonyl (C=O) groups is 1. The molecule has 0 aromatic heterocycles. The maximum atomic E-state index is 12.7. The number of nitrogens with zero attached hydrogens (tertiary/aromatic N) is 1. The average Bonchev–Trinajstić information content (AvgIpc) is 2.95. The van der Waals surface area contributed by atoms with Gasteiger partial charge in [-0.05, 0) is 39.5 Å². The zero-order valence-corrected chi connectivity index (χ0v) is 12.1. The summed E-state index contributed by atoms with van der Waals surface area (Å²) in [6.45, 7) is 7.44. The summed E-state index contributed by atoms with van der Waals surface area (Å²) in [5.41, 5.74) is 0. The van der Waals surface area contributed by atoms with E-state index in [9.17, 15) is 4.79 Å². The highest BCUT2D eigenvalue weighted by Crippen LogP contribution is 2.34. The molecule has 104 valence electrons. The van der Waals surface area contributed by atoms with Crippen molar-refractivity contribution in [1.29, 1.82) is 0 Å². The predicted molar refractivity (Wildman–Crippen MR) is 74.4 cm³/mol. The van der Waals surface area contributed by atoms with Gasteiger partial charge in [0.2, 0.25) is 5.91 Å². The smallest absolute Gasteiger partial charge is 0.227 e. The van der Waals surface area contributed by atoms with E-state index in [0.29, 0.717) is 24.0 Å². The highest BCUT2D eigenvalue weighted by molar-refractivity contribution is 5.80. The summed E-state index contributed by atoms with van der Waals surface area (Å²) in [7, 11) is 0. The second-order valence-electron chi connectivity index (χ2n) is 6.22. The van der Waals surface area contributed by atoms with Crippen LogP contribution in [0.2, 0.25) is 0 Å². The van der Waals surface area contributed by atoms with Crippen LogP contribution >= 0.6 is 0 Å². The molecule has 3 atom stereocenters. The van der Waals surface area contributed by atoms with Gasteiger partial charge in [-0.15, -0.1) is 0 Å². The van der Waals surface area contributed by atoms with Crippen LogP contribution in [0.5, 0.6) is 0 Å². The van der Waals surface area contributed by atoms with Gasteiger partial charge in [0, 0.05) is 24.7 Å². The van der Waals surface area contributed by atoms with Crippen molar-refractivity contribution in [2.45, 2.75) is 77.4 Å². The molecule has 3 heteroatoms. The summed E-state index contributed by atoms with van der Waals surface area (Å²) in [6, 6.07) is 1.43. The Morgan fingerprint density at radius 1 is 1.33 bits per heavy atom. The summed E-state index contributed by atoms with van der Waals surface area (Å²) in [4.78, 5) is 14.8. The molecular formula is C15H28N2O. The lowest BCUT2D eigenvalue weighted by atomic mass is 9.88.